The molecule has 21 heavy (non-hydrogen) atoms. The summed E-state index contributed by atoms with van der Waals surface area (Å²) in [5.74, 6) is 0.297. The molecule has 0 unspecified atom stereocenters. The Hall–Kier alpha value is -1.15. The molecule has 2 heteroatoms. The summed E-state index contributed by atoms with van der Waals surface area (Å²) in [5.41, 5.74) is 3.35. The topological polar surface area (TPSA) is 20.3 Å². The first-order valence-corrected chi connectivity index (χ1v) is 8.31. The first-order chi connectivity index (χ1) is 10.2. The van der Waals surface area contributed by atoms with E-state index in [4.69, 9.17) is 0 Å². The van der Waals surface area contributed by atoms with Crippen LogP contribution in [-0.4, -0.2) is 30.3 Å². The minimum atomic E-state index is 0.297. The number of hydrogen-bond donors (Lipinski definition) is 0. The lowest BCUT2D eigenvalue weighted by Crippen LogP contribution is -2.30. The van der Waals surface area contributed by atoms with Gasteiger partial charge in [-0.3, -0.25) is 4.79 Å². The molecule has 0 saturated carbocycles. The van der Waals surface area contributed by atoms with Gasteiger partial charge in [0.1, 0.15) is 0 Å². The van der Waals surface area contributed by atoms with Gasteiger partial charge in [-0.1, -0.05) is 18.6 Å². The van der Waals surface area contributed by atoms with Gasteiger partial charge in [0.15, 0.2) is 5.78 Å². The number of carbonyl (C=O) groups is 1. The Morgan fingerprint density at radius 3 is 2.52 bits per heavy atom. The Morgan fingerprint density at radius 1 is 1.05 bits per heavy atom. The number of aryl methyl sites for hydroxylation is 2. The minimum Gasteiger partial charge on any atom is -0.303 e. The van der Waals surface area contributed by atoms with E-state index in [9.17, 15) is 4.79 Å². The van der Waals surface area contributed by atoms with Crippen LogP contribution in [0, 0.1) is 20.3 Å². The fourth-order valence-electron chi connectivity index (χ4n) is 2.88. The molecule has 1 radical (unpaired) electrons. The van der Waals surface area contributed by atoms with Crippen LogP contribution < -0.4 is 0 Å². The van der Waals surface area contributed by atoms with Gasteiger partial charge in [-0.05, 0) is 82.8 Å². The maximum Gasteiger partial charge on any atom is 0.162 e. The molecule has 1 fully saturated rings. The predicted octanol–water partition coefficient (Wildman–Crippen LogP) is 4.35. The van der Waals surface area contributed by atoms with Gasteiger partial charge >= 0.3 is 0 Å². The van der Waals surface area contributed by atoms with Crippen LogP contribution in [0.15, 0.2) is 18.2 Å². The summed E-state index contributed by atoms with van der Waals surface area (Å²) in [5, 5.41) is 0. The van der Waals surface area contributed by atoms with Crippen molar-refractivity contribution < 1.29 is 4.79 Å². The molecule has 0 aliphatic carbocycles. The molecule has 1 aromatic rings. The number of Topliss-reactive ketones (excluding diaryl/α,β-unsaturated/α-hetero) is 1. The summed E-state index contributed by atoms with van der Waals surface area (Å²) in [4.78, 5) is 14.7. The van der Waals surface area contributed by atoms with Crippen molar-refractivity contribution in [1.29, 1.82) is 0 Å². The van der Waals surface area contributed by atoms with Crippen LogP contribution in [0.5, 0.6) is 0 Å². The highest BCUT2D eigenvalue weighted by atomic mass is 16.1. The highest BCUT2D eigenvalue weighted by Gasteiger charge is 2.10. The molecule has 0 atom stereocenters. The molecule has 1 aromatic carbocycles. The Morgan fingerprint density at radius 2 is 1.81 bits per heavy atom. The molecule has 0 bridgehead atoms. The second-order valence-electron chi connectivity index (χ2n) is 6.24. The predicted molar refractivity (Wildman–Crippen MR) is 88.7 cm³/mol. The number of ketones is 1. The summed E-state index contributed by atoms with van der Waals surface area (Å²) in [6.07, 6.45) is 8.97. The fraction of sp³-hybridized carbons (Fsp3) is 0.579. The zero-order chi connectivity index (χ0) is 15.1. The van der Waals surface area contributed by atoms with Crippen molar-refractivity contribution in [1.82, 2.24) is 4.90 Å². The number of unbranched alkanes of at least 4 members (excludes halogenated alkanes) is 2. The lowest BCUT2D eigenvalue weighted by atomic mass is 10.0. The van der Waals surface area contributed by atoms with Gasteiger partial charge in [-0.2, -0.15) is 0 Å². The number of nitrogens with zero attached hydrogens (tertiary/aromatic N) is 1. The van der Waals surface area contributed by atoms with Crippen LogP contribution in [0.25, 0.3) is 0 Å². The fourth-order valence-corrected chi connectivity index (χ4v) is 2.88. The molecular weight excluding hydrogens is 258 g/mol. The summed E-state index contributed by atoms with van der Waals surface area (Å²) < 4.78 is 0. The SMILES string of the molecule is Cc1ccc(C(=O)CCCCCN2CC[CH]CC2)cc1C. The molecule has 2 rings (SSSR count). The molecular formula is C19H28NO. The van der Waals surface area contributed by atoms with E-state index in [1.54, 1.807) is 0 Å². The molecule has 2 nitrogen and oxygen atoms in total. The third-order valence-electron chi connectivity index (χ3n) is 4.51. The van der Waals surface area contributed by atoms with Crippen molar-refractivity contribution in [2.45, 2.75) is 52.4 Å². The lowest BCUT2D eigenvalue weighted by Gasteiger charge is -2.26. The van der Waals surface area contributed by atoms with E-state index in [1.165, 1.54) is 50.0 Å². The number of carbonyl (C=O) groups excluding carboxylic acids is 1. The number of benzene rings is 1. The lowest BCUT2D eigenvalue weighted by molar-refractivity contribution is 0.0978. The zero-order valence-electron chi connectivity index (χ0n) is 13.5. The second kappa shape index (κ2) is 8.33. The Bertz CT molecular complexity index is 461. The third-order valence-corrected chi connectivity index (χ3v) is 4.51. The van der Waals surface area contributed by atoms with E-state index in [1.807, 2.05) is 12.1 Å². The number of rotatable bonds is 7. The molecule has 0 aromatic heterocycles. The van der Waals surface area contributed by atoms with E-state index in [2.05, 4.69) is 31.2 Å². The van der Waals surface area contributed by atoms with E-state index in [0.29, 0.717) is 12.2 Å². The van der Waals surface area contributed by atoms with Crippen molar-refractivity contribution in [3.05, 3.63) is 41.3 Å². The molecule has 0 spiro atoms. The number of hydrogen-bond acceptors (Lipinski definition) is 2. The highest BCUT2D eigenvalue weighted by Crippen LogP contribution is 2.14. The van der Waals surface area contributed by atoms with Crippen LogP contribution in [0.1, 0.15) is 60.0 Å². The van der Waals surface area contributed by atoms with Crippen molar-refractivity contribution >= 4 is 5.78 Å². The maximum absolute atomic E-state index is 12.2. The third kappa shape index (κ3) is 5.28. The van der Waals surface area contributed by atoms with Crippen molar-refractivity contribution in [2.75, 3.05) is 19.6 Å². The van der Waals surface area contributed by atoms with Crippen LogP contribution in [0.2, 0.25) is 0 Å². The molecule has 0 amide bonds. The monoisotopic (exact) mass is 286 g/mol. The summed E-state index contributed by atoms with van der Waals surface area (Å²) >= 11 is 0. The standard InChI is InChI=1S/C19H28NO/c1-16-10-11-18(15-17(16)2)19(21)9-5-3-6-12-20-13-7-4-8-14-20/h4,10-11,15H,3,5-9,12-14H2,1-2H3. The Balaban J connectivity index is 1.63. The minimum absolute atomic E-state index is 0.297. The summed E-state index contributed by atoms with van der Waals surface area (Å²) in [7, 11) is 0. The van der Waals surface area contributed by atoms with Gasteiger partial charge < -0.3 is 4.90 Å². The van der Waals surface area contributed by atoms with Crippen LogP contribution in [0.3, 0.4) is 0 Å². The zero-order valence-corrected chi connectivity index (χ0v) is 13.5. The van der Waals surface area contributed by atoms with Crippen LogP contribution in [0.4, 0.5) is 0 Å². The number of likely N-dealkylation sites (tertiary alicyclic amines) is 1. The van der Waals surface area contributed by atoms with Crippen molar-refractivity contribution in [3.8, 4) is 0 Å². The van der Waals surface area contributed by atoms with Crippen molar-refractivity contribution in [3.63, 3.8) is 0 Å². The van der Waals surface area contributed by atoms with Gasteiger partial charge in [0, 0.05) is 12.0 Å². The first-order valence-electron chi connectivity index (χ1n) is 8.31. The van der Waals surface area contributed by atoms with Gasteiger partial charge in [-0.25, -0.2) is 0 Å². The van der Waals surface area contributed by atoms with E-state index >= 15 is 0 Å². The summed E-state index contributed by atoms with van der Waals surface area (Å²) in [6, 6.07) is 6.05. The average Bonchev–Trinajstić information content (AvgIpc) is 2.50. The van der Waals surface area contributed by atoms with E-state index < -0.39 is 0 Å². The molecule has 1 heterocycles. The molecule has 1 aliphatic rings. The van der Waals surface area contributed by atoms with Crippen LogP contribution in [-0.2, 0) is 0 Å². The Labute approximate surface area is 129 Å². The normalized spacial score (nSPS) is 16.1. The molecule has 0 N–H and O–H groups in total. The molecule has 1 saturated heterocycles. The van der Waals surface area contributed by atoms with Gasteiger partial charge in [0.05, 0.1) is 0 Å². The quantitative estimate of drug-likeness (QED) is 0.549. The molecule has 115 valence electrons. The van der Waals surface area contributed by atoms with Gasteiger partial charge in [0.25, 0.3) is 0 Å². The highest BCUT2D eigenvalue weighted by molar-refractivity contribution is 5.96. The number of piperidine rings is 1. The van der Waals surface area contributed by atoms with E-state index in [-0.39, 0.29) is 0 Å². The first kappa shape index (κ1) is 16.2. The second-order valence-corrected chi connectivity index (χ2v) is 6.24. The average molecular weight is 286 g/mol. The maximum atomic E-state index is 12.2. The van der Waals surface area contributed by atoms with Crippen molar-refractivity contribution in [2.24, 2.45) is 0 Å². The summed E-state index contributed by atoms with van der Waals surface area (Å²) in [6.45, 7) is 7.80. The van der Waals surface area contributed by atoms with E-state index in [0.717, 1.165) is 18.4 Å². The van der Waals surface area contributed by atoms with Crippen LogP contribution >= 0.6 is 0 Å². The molecule has 1 aliphatic heterocycles. The smallest absolute Gasteiger partial charge is 0.162 e. The Kier molecular flexibility index (Phi) is 6.44. The van der Waals surface area contributed by atoms with Gasteiger partial charge in [-0.15, -0.1) is 0 Å². The van der Waals surface area contributed by atoms with Gasteiger partial charge in [0.2, 0.25) is 0 Å². The largest absolute Gasteiger partial charge is 0.303 e.